The molecule has 0 unspecified atom stereocenters. The second kappa shape index (κ2) is 9.87. The Morgan fingerprint density at radius 3 is 2.00 bits per heavy atom. The molecule has 0 fully saturated rings. The summed E-state index contributed by atoms with van der Waals surface area (Å²) in [6, 6.07) is 2.31. The van der Waals surface area contributed by atoms with E-state index in [1.807, 2.05) is 0 Å². The summed E-state index contributed by atoms with van der Waals surface area (Å²) in [5.41, 5.74) is -0.695. The topological polar surface area (TPSA) is 92.8 Å². The molecule has 0 aromatic heterocycles. The molecule has 0 radical (unpaired) electrons. The van der Waals surface area contributed by atoms with E-state index in [1.54, 1.807) is 0 Å². The average Bonchev–Trinajstić information content (AvgIpc) is 2.44. The van der Waals surface area contributed by atoms with E-state index in [4.69, 9.17) is 4.74 Å². The molecule has 0 saturated heterocycles. The molecule has 0 bridgehead atoms. The minimum absolute atomic E-state index is 0.239. The van der Waals surface area contributed by atoms with E-state index in [0.29, 0.717) is 6.61 Å². The Kier molecular flexibility index (Phi) is 8.10. The molecule has 124 valence electrons. The molecule has 0 amide bonds. The highest BCUT2D eigenvalue weighted by molar-refractivity contribution is 5.59. The lowest BCUT2D eigenvalue weighted by molar-refractivity contribution is -0.386. The first kappa shape index (κ1) is 18.1. The van der Waals surface area contributed by atoms with E-state index in [1.165, 1.54) is 38.5 Å². The Hall–Kier alpha value is -1.98. The van der Waals surface area contributed by atoms with Gasteiger partial charge >= 0.3 is 5.69 Å². The van der Waals surface area contributed by atoms with Crippen molar-refractivity contribution >= 4 is 5.69 Å². The molecule has 0 heterocycles. The second-order valence-corrected chi connectivity index (χ2v) is 5.39. The van der Waals surface area contributed by atoms with Gasteiger partial charge in [0, 0.05) is 12.1 Å². The minimum atomic E-state index is -0.826. The third-order valence-electron chi connectivity index (χ3n) is 3.49. The van der Waals surface area contributed by atoms with Gasteiger partial charge in [-0.1, -0.05) is 51.9 Å². The van der Waals surface area contributed by atoms with Crippen molar-refractivity contribution in [3.05, 3.63) is 22.2 Å². The molecule has 1 aromatic rings. The number of unbranched alkanes of at least 4 members (excludes halogenated alkanes) is 7. The monoisotopic (exact) mass is 311 g/mol. The minimum Gasteiger partial charge on any atom is -0.502 e. The van der Waals surface area contributed by atoms with Crippen LogP contribution in [0.3, 0.4) is 0 Å². The number of rotatable bonds is 11. The number of nitro groups is 1. The van der Waals surface area contributed by atoms with Crippen LogP contribution in [0.25, 0.3) is 0 Å². The largest absolute Gasteiger partial charge is 0.502 e. The predicted octanol–water partition coefficient (Wildman–Crippen LogP) is 4.53. The first-order valence-corrected chi connectivity index (χ1v) is 7.89. The van der Waals surface area contributed by atoms with Crippen molar-refractivity contribution in [3.63, 3.8) is 0 Å². The smallest absolute Gasteiger partial charge is 0.352 e. The number of aromatic hydroxyl groups is 2. The van der Waals surface area contributed by atoms with Crippen LogP contribution < -0.4 is 4.74 Å². The second-order valence-electron chi connectivity index (χ2n) is 5.39. The molecular weight excluding hydrogens is 286 g/mol. The van der Waals surface area contributed by atoms with Crippen LogP contribution in [0.15, 0.2) is 12.1 Å². The molecule has 0 aliphatic heterocycles. The van der Waals surface area contributed by atoms with Gasteiger partial charge in [0.2, 0.25) is 11.5 Å². The van der Waals surface area contributed by atoms with Gasteiger partial charge in [0.1, 0.15) is 5.75 Å². The summed E-state index contributed by atoms with van der Waals surface area (Å²) in [4.78, 5) is 9.80. The molecule has 0 aliphatic carbocycles. The van der Waals surface area contributed by atoms with Gasteiger partial charge in [-0.15, -0.1) is 0 Å². The number of nitro benzene ring substituents is 1. The summed E-state index contributed by atoms with van der Waals surface area (Å²) < 4.78 is 5.40. The van der Waals surface area contributed by atoms with Crippen LogP contribution in [0.5, 0.6) is 17.2 Å². The molecule has 22 heavy (non-hydrogen) atoms. The number of ether oxygens (including phenoxy) is 1. The molecule has 0 aliphatic rings. The van der Waals surface area contributed by atoms with Gasteiger partial charge in [-0.3, -0.25) is 10.1 Å². The summed E-state index contributed by atoms with van der Waals surface area (Å²) in [6.07, 6.45) is 9.48. The standard InChI is InChI=1S/C16H25NO5/c1-2-3-4-5-6-7-8-9-10-22-13-11-14(18)16(17(20)21)15(19)12-13/h11-12,18-19H,2-10H2,1H3. The fraction of sp³-hybridized carbons (Fsp3) is 0.625. The van der Waals surface area contributed by atoms with Gasteiger partial charge < -0.3 is 14.9 Å². The van der Waals surface area contributed by atoms with E-state index in [-0.39, 0.29) is 5.75 Å². The van der Waals surface area contributed by atoms with Gasteiger partial charge in [0.15, 0.2) is 0 Å². The fourth-order valence-electron chi connectivity index (χ4n) is 2.28. The average molecular weight is 311 g/mol. The summed E-state index contributed by atoms with van der Waals surface area (Å²) in [7, 11) is 0. The SMILES string of the molecule is CCCCCCCCCCOc1cc(O)c([N+](=O)[O-])c(O)c1. The summed E-state index contributed by atoms with van der Waals surface area (Å²) in [6.45, 7) is 2.66. The lowest BCUT2D eigenvalue weighted by Gasteiger charge is -2.07. The quantitative estimate of drug-likeness (QED) is 0.356. The maximum absolute atomic E-state index is 10.6. The Morgan fingerprint density at radius 1 is 1.00 bits per heavy atom. The van der Waals surface area contributed by atoms with E-state index < -0.39 is 22.1 Å². The molecule has 0 saturated carbocycles. The van der Waals surface area contributed by atoms with Gasteiger partial charge in [-0.2, -0.15) is 0 Å². The van der Waals surface area contributed by atoms with Crippen LogP contribution in [0.4, 0.5) is 5.69 Å². The lowest BCUT2D eigenvalue weighted by atomic mass is 10.1. The van der Waals surface area contributed by atoms with E-state index in [0.717, 1.165) is 25.0 Å². The number of nitrogens with zero attached hydrogens (tertiary/aromatic N) is 1. The van der Waals surface area contributed by atoms with Crippen LogP contribution in [-0.2, 0) is 0 Å². The highest BCUT2D eigenvalue weighted by Crippen LogP contribution is 2.38. The molecular formula is C16H25NO5. The fourth-order valence-corrected chi connectivity index (χ4v) is 2.28. The van der Waals surface area contributed by atoms with Crippen molar-refractivity contribution in [2.24, 2.45) is 0 Å². The van der Waals surface area contributed by atoms with E-state index in [2.05, 4.69) is 6.92 Å². The summed E-state index contributed by atoms with van der Waals surface area (Å²) >= 11 is 0. The maximum atomic E-state index is 10.6. The van der Waals surface area contributed by atoms with Gasteiger partial charge in [0.05, 0.1) is 11.5 Å². The number of hydrogen-bond acceptors (Lipinski definition) is 5. The highest BCUT2D eigenvalue weighted by Gasteiger charge is 2.21. The number of hydrogen-bond donors (Lipinski definition) is 2. The number of phenols is 2. The molecule has 1 rings (SSSR count). The first-order valence-electron chi connectivity index (χ1n) is 7.89. The Labute approximate surface area is 130 Å². The Balaban J connectivity index is 2.24. The zero-order valence-electron chi connectivity index (χ0n) is 13.1. The number of benzene rings is 1. The molecule has 0 spiro atoms. The lowest BCUT2D eigenvalue weighted by Crippen LogP contribution is -1.98. The molecule has 6 nitrogen and oxygen atoms in total. The van der Waals surface area contributed by atoms with Crippen LogP contribution in [-0.4, -0.2) is 21.7 Å². The van der Waals surface area contributed by atoms with Gasteiger partial charge in [0.25, 0.3) is 0 Å². The first-order chi connectivity index (χ1) is 10.6. The summed E-state index contributed by atoms with van der Waals surface area (Å²) in [5, 5.41) is 29.6. The van der Waals surface area contributed by atoms with Gasteiger partial charge in [-0.05, 0) is 6.42 Å². The van der Waals surface area contributed by atoms with Crippen LogP contribution in [0.1, 0.15) is 58.3 Å². The summed E-state index contributed by atoms with van der Waals surface area (Å²) in [5.74, 6) is -0.935. The normalized spacial score (nSPS) is 10.6. The van der Waals surface area contributed by atoms with Gasteiger partial charge in [-0.25, -0.2) is 0 Å². The van der Waals surface area contributed by atoms with Crippen molar-refractivity contribution in [1.82, 2.24) is 0 Å². The predicted molar refractivity (Wildman–Crippen MR) is 84.5 cm³/mol. The van der Waals surface area contributed by atoms with Crippen LogP contribution in [0.2, 0.25) is 0 Å². The zero-order chi connectivity index (χ0) is 16.4. The maximum Gasteiger partial charge on any atom is 0.352 e. The van der Waals surface area contributed by atoms with Crippen LogP contribution >= 0.6 is 0 Å². The van der Waals surface area contributed by atoms with E-state index >= 15 is 0 Å². The molecule has 1 aromatic carbocycles. The van der Waals surface area contributed by atoms with Crippen molar-refractivity contribution in [3.8, 4) is 17.2 Å². The van der Waals surface area contributed by atoms with Crippen molar-refractivity contribution in [2.45, 2.75) is 58.3 Å². The molecule has 0 atom stereocenters. The third kappa shape index (κ3) is 6.20. The third-order valence-corrected chi connectivity index (χ3v) is 3.49. The van der Waals surface area contributed by atoms with Crippen LogP contribution in [0, 0.1) is 10.1 Å². The molecule has 2 N–H and O–H groups in total. The Bertz CT molecular complexity index is 453. The van der Waals surface area contributed by atoms with Crippen molar-refractivity contribution in [2.75, 3.05) is 6.61 Å². The van der Waals surface area contributed by atoms with E-state index in [9.17, 15) is 20.3 Å². The molecule has 6 heteroatoms. The Morgan fingerprint density at radius 2 is 1.50 bits per heavy atom. The van der Waals surface area contributed by atoms with Crippen molar-refractivity contribution in [1.29, 1.82) is 0 Å². The highest BCUT2D eigenvalue weighted by atomic mass is 16.6. The van der Waals surface area contributed by atoms with Crippen molar-refractivity contribution < 1.29 is 19.9 Å². The zero-order valence-corrected chi connectivity index (χ0v) is 13.1. The number of phenolic OH excluding ortho intramolecular Hbond substituents is 2.